The summed E-state index contributed by atoms with van der Waals surface area (Å²) < 4.78 is 33.6. The summed E-state index contributed by atoms with van der Waals surface area (Å²) >= 11 is 5.99. The van der Waals surface area contributed by atoms with Gasteiger partial charge >= 0.3 is 5.97 Å². The van der Waals surface area contributed by atoms with E-state index in [2.05, 4.69) is 0 Å². The van der Waals surface area contributed by atoms with Gasteiger partial charge in [-0.1, -0.05) is 11.6 Å². The Balaban J connectivity index is 1.47. The highest BCUT2D eigenvalue weighted by Gasteiger charge is 2.22. The normalized spacial score (nSPS) is 11.2. The van der Waals surface area contributed by atoms with Gasteiger partial charge in [0.05, 0.1) is 78.5 Å². The van der Waals surface area contributed by atoms with Crippen molar-refractivity contribution in [3.05, 3.63) is 64.3 Å². The standard InChI is InChI=1S/C29H36ClNO9/c1-21-25(20-28(33)40-18-17-39-16-15-38-14-13-37-12-11-36-10-9-32)26-19-24(35-2)7-8-27(26)31(21)29(34)22-3-5-23(30)6-4-22/h3-8,19,32H,9-18,20H2,1-2H3. The van der Waals surface area contributed by atoms with Gasteiger partial charge in [-0.25, -0.2) is 0 Å². The first-order chi connectivity index (χ1) is 19.5. The quantitative estimate of drug-likeness (QED) is 0.179. The number of fused-ring (bicyclic) bond motifs is 1. The van der Waals surface area contributed by atoms with Crippen LogP contribution in [0.2, 0.25) is 5.02 Å². The first-order valence-corrected chi connectivity index (χ1v) is 13.4. The molecule has 0 atom stereocenters. The van der Waals surface area contributed by atoms with Crippen molar-refractivity contribution in [2.75, 3.05) is 73.2 Å². The molecule has 0 radical (unpaired) electrons. The molecule has 0 amide bonds. The zero-order valence-corrected chi connectivity index (χ0v) is 23.6. The van der Waals surface area contributed by atoms with Crippen LogP contribution in [0.1, 0.15) is 21.6 Å². The lowest BCUT2D eigenvalue weighted by molar-refractivity contribution is -0.144. The number of nitrogens with zero attached hydrogens (tertiary/aromatic N) is 1. The van der Waals surface area contributed by atoms with Crippen molar-refractivity contribution in [1.29, 1.82) is 0 Å². The number of aromatic nitrogens is 1. The molecule has 0 saturated heterocycles. The molecule has 1 heterocycles. The fourth-order valence-electron chi connectivity index (χ4n) is 4.03. The number of aliphatic hydroxyl groups is 1. The maximum Gasteiger partial charge on any atom is 0.310 e. The minimum atomic E-state index is -0.427. The second-order valence-corrected chi connectivity index (χ2v) is 9.10. The molecule has 0 bridgehead atoms. The molecule has 0 saturated carbocycles. The Morgan fingerprint density at radius 2 is 1.40 bits per heavy atom. The van der Waals surface area contributed by atoms with E-state index >= 15 is 0 Å². The fraction of sp³-hybridized carbons (Fsp3) is 0.448. The zero-order chi connectivity index (χ0) is 28.7. The molecule has 11 heteroatoms. The maximum atomic E-state index is 13.4. The van der Waals surface area contributed by atoms with Crippen LogP contribution in [0.5, 0.6) is 5.75 Å². The number of aliphatic hydroxyl groups excluding tert-OH is 1. The van der Waals surface area contributed by atoms with Crippen LogP contribution in [0.15, 0.2) is 42.5 Å². The van der Waals surface area contributed by atoms with Crippen molar-refractivity contribution in [1.82, 2.24) is 4.57 Å². The predicted molar refractivity (Wildman–Crippen MR) is 149 cm³/mol. The molecular weight excluding hydrogens is 542 g/mol. The Morgan fingerprint density at radius 1 is 0.825 bits per heavy atom. The third-order valence-corrected chi connectivity index (χ3v) is 6.25. The SMILES string of the molecule is COc1ccc2c(c1)c(CC(=O)OCCOCCOCCOCCOCCO)c(C)n2C(=O)c1ccc(Cl)cc1. The first kappa shape index (κ1) is 31.5. The topological polar surface area (TPSA) is 115 Å². The van der Waals surface area contributed by atoms with Gasteiger partial charge in [0.25, 0.3) is 5.91 Å². The Bertz CT molecular complexity index is 1230. The molecule has 1 N–H and O–H groups in total. The highest BCUT2D eigenvalue weighted by molar-refractivity contribution is 6.30. The van der Waals surface area contributed by atoms with Crippen molar-refractivity contribution in [2.24, 2.45) is 0 Å². The predicted octanol–water partition coefficient (Wildman–Crippen LogP) is 3.44. The first-order valence-electron chi connectivity index (χ1n) is 13.0. The Labute approximate surface area is 238 Å². The Hall–Kier alpha value is -2.99. The zero-order valence-electron chi connectivity index (χ0n) is 22.9. The van der Waals surface area contributed by atoms with Crippen molar-refractivity contribution in [3.8, 4) is 5.75 Å². The molecule has 0 fully saturated rings. The van der Waals surface area contributed by atoms with E-state index in [0.717, 1.165) is 5.39 Å². The minimum Gasteiger partial charge on any atom is -0.497 e. The molecule has 0 aliphatic heterocycles. The molecule has 218 valence electrons. The van der Waals surface area contributed by atoms with E-state index in [1.54, 1.807) is 48.1 Å². The van der Waals surface area contributed by atoms with Crippen molar-refractivity contribution in [3.63, 3.8) is 0 Å². The summed E-state index contributed by atoms with van der Waals surface area (Å²) in [6, 6.07) is 12.1. The number of ether oxygens (including phenoxy) is 6. The lowest BCUT2D eigenvalue weighted by atomic mass is 10.1. The van der Waals surface area contributed by atoms with Gasteiger partial charge in [-0.2, -0.15) is 0 Å². The molecule has 2 aromatic carbocycles. The monoisotopic (exact) mass is 577 g/mol. The van der Waals surface area contributed by atoms with Gasteiger partial charge in [0, 0.05) is 21.7 Å². The van der Waals surface area contributed by atoms with Crippen LogP contribution in [0.25, 0.3) is 10.9 Å². The van der Waals surface area contributed by atoms with E-state index in [0.29, 0.717) is 79.4 Å². The summed E-state index contributed by atoms with van der Waals surface area (Å²) in [4.78, 5) is 26.1. The van der Waals surface area contributed by atoms with Gasteiger partial charge in [0.2, 0.25) is 0 Å². The van der Waals surface area contributed by atoms with E-state index in [1.807, 2.05) is 13.0 Å². The Kier molecular flexibility index (Phi) is 13.4. The number of carbonyl (C=O) groups excluding carboxylic acids is 2. The van der Waals surface area contributed by atoms with Crippen LogP contribution >= 0.6 is 11.6 Å². The van der Waals surface area contributed by atoms with Crippen molar-refractivity contribution >= 4 is 34.4 Å². The van der Waals surface area contributed by atoms with Crippen LogP contribution in [0.3, 0.4) is 0 Å². The van der Waals surface area contributed by atoms with Crippen LogP contribution < -0.4 is 4.74 Å². The summed E-state index contributed by atoms with van der Waals surface area (Å²) in [5.41, 5.74) is 2.49. The maximum absolute atomic E-state index is 13.4. The van der Waals surface area contributed by atoms with E-state index in [1.165, 1.54) is 0 Å². The van der Waals surface area contributed by atoms with Gasteiger partial charge in [-0.05, 0) is 55.0 Å². The van der Waals surface area contributed by atoms with Crippen molar-refractivity contribution < 1.29 is 43.1 Å². The second kappa shape index (κ2) is 17.0. The molecule has 40 heavy (non-hydrogen) atoms. The van der Waals surface area contributed by atoms with Crippen LogP contribution in [0, 0.1) is 6.92 Å². The summed E-state index contributed by atoms with van der Waals surface area (Å²) in [6.07, 6.45) is -0.00938. The third-order valence-electron chi connectivity index (χ3n) is 6.00. The molecule has 0 unspecified atom stereocenters. The minimum absolute atomic E-state index is 0.00300. The lowest BCUT2D eigenvalue weighted by Gasteiger charge is -2.09. The van der Waals surface area contributed by atoms with E-state index < -0.39 is 5.97 Å². The Morgan fingerprint density at radius 3 is 1.98 bits per heavy atom. The van der Waals surface area contributed by atoms with Gasteiger partial charge in [-0.15, -0.1) is 0 Å². The number of hydrogen-bond donors (Lipinski definition) is 1. The molecule has 0 aliphatic carbocycles. The summed E-state index contributed by atoms with van der Waals surface area (Å²) in [7, 11) is 1.56. The second-order valence-electron chi connectivity index (χ2n) is 8.66. The van der Waals surface area contributed by atoms with E-state index in [4.69, 9.17) is 45.1 Å². The molecule has 3 rings (SSSR count). The number of rotatable bonds is 18. The average molecular weight is 578 g/mol. The molecule has 10 nitrogen and oxygen atoms in total. The van der Waals surface area contributed by atoms with Gasteiger partial charge < -0.3 is 33.5 Å². The smallest absolute Gasteiger partial charge is 0.310 e. The number of esters is 1. The van der Waals surface area contributed by atoms with Gasteiger partial charge in [0.1, 0.15) is 12.4 Å². The molecule has 1 aromatic heterocycles. The van der Waals surface area contributed by atoms with Gasteiger partial charge in [-0.3, -0.25) is 14.2 Å². The highest BCUT2D eigenvalue weighted by atomic mass is 35.5. The van der Waals surface area contributed by atoms with Gasteiger partial charge in [0.15, 0.2) is 0 Å². The number of benzene rings is 2. The number of halogens is 1. The molecule has 3 aromatic rings. The summed E-state index contributed by atoms with van der Waals surface area (Å²) in [5.74, 6) is -0.0328. The third kappa shape index (κ3) is 9.29. The van der Waals surface area contributed by atoms with Crippen molar-refractivity contribution in [2.45, 2.75) is 13.3 Å². The molecular formula is C29H36ClNO9. The largest absolute Gasteiger partial charge is 0.497 e. The lowest BCUT2D eigenvalue weighted by Crippen LogP contribution is -2.16. The fourth-order valence-corrected chi connectivity index (χ4v) is 4.16. The number of methoxy groups -OCH3 is 1. The average Bonchev–Trinajstić information content (AvgIpc) is 3.23. The summed E-state index contributed by atoms with van der Waals surface area (Å²) in [6.45, 7) is 4.92. The number of carbonyl (C=O) groups is 2. The van der Waals surface area contributed by atoms with E-state index in [-0.39, 0.29) is 32.1 Å². The van der Waals surface area contributed by atoms with E-state index in [9.17, 15) is 9.59 Å². The van der Waals surface area contributed by atoms with Crippen LogP contribution in [-0.4, -0.2) is 94.7 Å². The van der Waals surface area contributed by atoms with Crippen LogP contribution in [-0.2, 0) is 34.9 Å². The molecule has 0 aliphatic rings. The number of hydrogen-bond acceptors (Lipinski definition) is 9. The molecule has 0 spiro atoms. The van der Waals surface area contributed by atoms with Crippen LogP contribution in [0.4, 0.5) is 0 Å². The highest BCUT2D eigenvalue weighted by Crippen LogP contribution is 2.31. The summed E-state index contributed by atoms with van der Waals surface area (Å²) in [5, 5.41) is 9.89.